The second-order valence-corrected chi connectivity index (χ2v) is 5.24. The van der Waals surface area contributed by atoms with Gasteiger partial charge in [-0.15, -0.1) is 0 Å². The lowest BCUT2D eigenvalue weighted by atomic mass is 10.1. The molecular weight excluding hydrogens is 289 g/mol. The number of benzene rings is 1. The van der Waals surface area contributed by atoms with Crippen LogP contribution in [-0.4, -0.2) is 9.97 Å². The minimum absolute atomic E-state index is 0.0499. The Bertz CT molecular complexity index is 621. The Morgan fingerprint density at radius 1 is 1.05 bits per heavy atom. The normalized spacial score (nSPS) is 11.2. The van der Waals surface area contributed by atoms with Crippen molar-refractivity contribution >= 4 is 11.6 Å². The van der Waals surface area contributed by atoms with E-state index in [0.29, 0.717) is 18.0 Å². The lowest BCUT2D eigenvalue weighted by molar-refractivity contribution is 0.447. The van der Waals surface area contributed by atoms with Gasteiger partial charge >= 0.3 is 0 Å². The fourth-order valence-corrected chi connectivity index (χ4v) is 2.01. The van der Waals surface area contributed by atoms with Gasteiger partial charge in [-0.25, -0.2) is 23.1 Å². The molecule has 0 saturated heterocycles. The summed E-state index contributed by atoms with van der Waals surface area (Å²) >= 11 is 5.88. The maximum atomic E-state index is 13.2. The van der Waals surface area contributed by atoms with E-state index < -0.39 is 17.5 Å². The van der Waals surface area contributed by atoms with E-state index in [9.17, 15) is 13.2 Å². The van der Waals surface area contributed by atoms with Crippen LogP contribution in [0.15, 0.2) is 18.2 Å². The average Bonchev–Trinajstić information content (AvgIpc) is 2.33. The van der Waals surface area contributed by atoms with Crippen molar-refractivity contribution in [2.24, 2.45) is 5.92 Å². The molecule has 6 heteroatoms. The zero-order chi connectivity index (χ0) is 14.9. The summed E-state index contributed by atoms with van der Waals surface area (Å²) in [6.45, 7) is 4.01. The zero-order valence-electron chi connectivity index (χ0n) is 10.9. The van der Waals surface area contributed by atoms with E-state index in [1.54, 1.807) is 6.07 Å². The SMILES string of the molecule is CC(C)Cc1cc(Cl)nc(-c2cc(F)c(F)c(F)c2)n1. The molecule has 0 spiro atoms. The molecule has 0 bridgehead atoms. The fraction of sp³-hybridized carbons (Fsp3) is 0.286. The summed E-state index contributed by atoms with van der Waals surface area (Å²) in [6, 6.07) is 3.30. The molecule has 106 valence electrons. The Morgan fingerprint density at radius 2 is 1.65 bits per heavy atom. The predicted octanol–water partition coefficient (Wildman–Crippen LogP) is 4.41. The van der Waals surface area contributed by atoms with Gasteiger partial charge in [0.05, 0.1) is 0 Å². The van der Waals surface area contributed by atoms with Crippen LogP contribution in [0.25, 0.3) is 11.4 Å². The lowest BCUT2D eigenvalue weighted by Crippen LogP contribution is -2.02. The summed E-state index contributed by atoms with van der Waals surface area (Å²) in [6.07, 6.45) is 0.654. The van der Waals surface area contributed by atoms with Crippen LogP contribution in [-0.2, 0) is 6.42 Å². The molecule has 1 heterocycles. The van der Waals surface area contributed by atoms with Crippen LogP contribution < -0.4 is 0 Å². The monoisotopic (exact) mass is 300 g/mol. The number of hydrogen-bond acceptors (Lipinski definition) is 2. The third-order valence-electron chi connectivity index (χ3n) is 2.61. The van der Waals surface area contributed by atoms with Gasteiger partial charge in [0, 0.05) is 11.3 Å². The van der Waals surface area contributed by atoms with Gasteiger partial charge in [0.25, 0.3) is 0 Å². The number of halogens is 4. The summed E-state index contributed by atoms with van der Waals surface area (Å²) in [5, 5.41) is 0.177. The molecule has 0 unspecified atom stereocenters. The standard InChI is InChI=1S/C14H12ClF3N2/c1-7(2)3-9-6-12(15)20-14(19-9)8-4-10(16)13(18)11(17)5-8/h4-7H,3H2,1-2H3. The first-order valence-electron chi connectivity index (χ1n) is 6.05. The number of hydrogen-bond donors (Lipinski definition) is 0. The van der Waals surface area contributed by atoms with Gasteiger partial charge in [-0.1, -0.05) is 25.4 Å². The zero-order valence-corrected chi connectivity index (χ0v) is 11.7. The van der Waals surface area contributed by atoms with E-state index in [0.717, 1.165) is 12.1 Å². The molecule has 2 rings (SSSR count). The third-order valence-corrected chi connectivity index (χ3v) is 2.80. The van der Waals surface area contributed by atoms with E-state index >= 15 is 0 Å². The first kappa shape index (κ1) is 14.8. The van der Waals surface area contributed by atoms with E-state index in [4.69, 9.17) is 11.6 Å². The third kappa shape index (κ3) is 3.28. The minimum atomic E-state index is -1.52. The maximum absolute atomic E-state index is 13.2. The Kier molecular flexibility index (Phi) is 4.28. The summed E-state index contributed by atoms with van der Waals surface area (Å²) < 4.78 is 39.4. The van der Waals surface area contributed by atoms with Crippen molar-refractivity contribution in [3.63, 3.8) is 0 Å². The van der Waals surface area contributed by atoms with Crippen molar-refractivity contribution in [2.75, 3.05) is 0 Å². The molecule has 0 aliphatic heterocycles. The van der Waals surface area contributed by atoms with Crippen LogP contribution in [0.5, 0.6) is 0 Å². The van der Waals surface area contributed by atoms with E-state index in [-0.39, 0.29) is 16.5 Å². The van der Waals surface area contributed by atoms with Crippen molar-refractivity contribution < 1.29 is 13.2 Å². The molecule has 0 atom stereocenters. The summed E-state index contributed by atoms with van der Waals surface area (Å²) in [5.74, 6) is -3.66. The van der Waals surface area contributed by atoms with Crippen molar-refractivity contribution in [2.45, 2.75) is 20.3 Å². The molecule has 2 aromatic rings. The second kappa shape index (κ2) is 5.79. The van der Waals surface area contributed by atoms with Crippen LogP contribution in [0.1, 0.15) is 19.5 Å². The molecule has 2 nitrogen and oxygen atoms in total. The van der Waals surface area contributed by atoms with Crippen molar-refractivity contribution in [3.05, 3.63) is 46.5 Å². The van der Waals surface area contributed by atoms with Crippen LogP contribution in [0.2, 0.25) is 5.15 Å². The Labute approximate surface area is 119 Å². The van der Waals surface area contributed by atoms with Gasteiger partial charge < -0.3 is 0 Å². The highest BCUT2D eigenvalue weighted by Gasteiger charge is 2.14. The Hall–Kier alpha value is -1.62. The van der Waals surface area contributed by atoms with Gasteiger partial charge in [0.2, 0.25) is 0 Å². The molecular formula is C14H12ClF3N2. The highest BCUT2D eigenvalue weighted by atomic mass is 35.5. The summed E-state index contributed by atoms with van der Waals surface area (Å²) in [5.41, 5.74) is 0.717. The molecule has 1 aromatic carbocycles. The van der Waals surface area contributed by atoms with Crippen LogP contribution in [0, 0.1) is 23.4 Å². The molecule has 1 aromatic heterocycles. The predicted molar refractivity (Wildman–Crippen MR) is 70.9 cm³/mol. The van der Waals surface area contributed by atoms with E-state index in [1.165, 1.54) is 0 Å². The highest BCUT2D eigenvalue weighted by molar-refractivity contribution is 6.29. The van der Waals surface area contributed by atoms with Gasteiger partial charge in [0.1, 0.15) is 5.15 Å². The van der Waals surface area contributed by atoms with E-state index in [1.807, 2.05) is 13.8 Å². The molecule has 0 saturated carbocycles. The first-order valence-corrected chi connectivity index (χ1v) is 6.43. The second-order valence-electron chi connectivity index (χ2n) is 4.86. The number of rotatable bonds is 3. The maximum Gasteiger partial charge on any atom is 0.194 e. The molecule has 0 aliphatic rings. The highest BCUT2D eigenvalue weighted by Crippen LogP contribution is 2.23. The molecule has 0 amide bonds. The molecule has 0 fully saturated rings. The first-order chi connectivity index (χ1) is 9.36. The molecule has 20 heavy (non-hydrogen) atoms. The van der Waals surface area contributed by atoms with Crippen LogP contribution in [0.4, 0.5) is 13.2 Å². The van der Waals surface area contributed by atoms with Gasteiger partial charge in [0.15, 0.2) is 23.3 Å². The van der Waals surface area contributed by atoms with Gasteiger partial charge in [-0.3, -0.25) is 0 Å². The smallest absolute Gasteiger partial charge is 0.194 e. The van der Waals surface area contributed by atoms with Crippen LogP contribution in [0.3, 0.4) is 0 Å². The minimum Gasteiger partial charge on any atom is -0.233 e. The van der Waals surface area contributed by atoms with Crippen molar-refractivity contribution in [1.82, 2.24) is 9.97 Å². The summed E-state index contributed by atoms with van der Waals surface area (Å²) in [7, 11) is 0. The Morgan fingerprint density at radius 3 is 2.20 bits per heavy atom. The lowest BCUT2D eigenvalue weighted by Gasteiger charge is -2.08. The fourth-order valence-electron chi connectivity index (χ4n) is 1.80. The van der Waals surface area contributed by atoms with Crippen molar-refractivity contribution in [3.8, 4) is 11.4 Å². The average molecular weight is 301 g/mol. The quantitative estimate of drug-likeness (QED) is 0.620. The summed E-state index contributed by atoms with van der Waals surface area (Å²) in [4.78, 5) is 8.13. The number of aromatic nitrogens is 2. The molecule has 0 aliphatic carbocycles. The molecule has 0 radical (unpaired) electrons. The van der Waals surface area contributed by atoms with E-state index in [2.05, 4.69) is 9.97 Å². The molecule has 0 N–H and O–H groups in total. The Balaban J connectivity index is 2.49. The van der Waals surface area contributed by atoms with Gasteiger partial charge in [-0.05, 0) is 30.5 Å². The largest absolute Gasteiger partial charge is 0.233 e. The van der Waals surface area contributed by atoms with Gasteiger partial charge in [-0.2, -0.15) is 0 Å². The topological polar surface area (TPSA) is 25.8 Å². The van der Waals surface area contributed by atoms with Crippen molar-refractivity contribution in [1.29, 1.82) is 0 Å². The number of nitrogens with zero attached hydrogens (tertiary/aromatic N) is 2. The van der Waals surface area contributed by atoms with Crippen LogP contribution >= 0.6 is 11.6 Å².